The smallest absolute Gasteiger partial charge is 0.320 e. The van der Waals surface area contributed by atoms with Crippen molar-refractivity contribution in [1.29, 1.82) is 0 Å². The topological polar surface area (TPSA) is 9.23 Å². The first-order valence-corrected chi connectivity index (χ1v) is 4.83. The van der Waals surface area contributed by atoms with Crippen molar-refractivity contribution in [3.8, 4) is 0 Å². The molecule has 104 valence electrons. The second-order valence-electron chi connectivity index (χ2n) is 3.71. The molecule has 1 unspecified atom stereocenters. The standard InChI is InChI=1S/C9H13F7O/c1-4-6(3,9(15,16)17-5-2)7(10,11)8(12,13)14/h4-5H2,1-3H3. The number of alkyl halides is 7. The number of hydrogen-bond donors (Lipinski definition) is 0. The van der Waals surface area contributed by atoms with Crippen LogP contribution in [0.15, 0.2) is 0 Å². The van der Waals surface area contributed by atoms with Gasteiger partial charge in [-0.3, -0.25) is 0 Å². The van der Waals surface area contributed by atoms with Crippen LogP contribution in [-0.2, 0) is 4.74 Å². The molecule has 0 heterocycles. The third-order valence-corrected chi connectivity index (χ3v) is 2.72. The van der Waals surface area contributed by atoms with Crippen molar-refractivity contribution < 1.29 is 35.5 Å². The van der Waals surface area contributed by atoms with Gasteiger partial charge in [0.15, 0.2) is 0 Å². The van der Waals surface area contributed by atoms with E-state index < -0.39 is 36.7 Å². The summed E-state index contributed by atoms with van der Waals surface area (Å²) < 4.78 is 93.0. The molecule has 0 aromatic carbocycles. The average molecular weight is 270 g/mol. The summed E-state index contributed by atoms with van der Waals surface area (Å²) >= 11 is 0. The lowest BCUT2D eigenvalue weighted by Crippen LogP contribution is -2.59. The fraction of sp³-hybridized carbons (Fsp3) is 1.00. The van der Waals surface area contributed by atoms with Crippen LogP contribution in [-0.4, -0.2) is 24.8 Å². The Hall–Kier alpha value is -0.530. The van der Waals surface area contributed by atoms with Gasteiger partial charge in [0, 0.05) is 0 Å². The van der Waals surface area contributed by atoms with Crippen LogP contribution >= 0.6 is 0 Å². The van der Waals surface area contributed by atoms with E-state index in [2.05, 4.69) is 4.74 Å². The number of halogens is 7. The maximum Gasteiger partial charge on any atom is 0.454 e. The highest BCUT2D eigenvalue weighted by molar-refractivity contribution is 4.98. The van der Waals surface area contributed by atoms with E-state index in [0.29, 0.717) is 0 Å². The minimum absolute atomic E-state index is 0.163. The predicted molar refractivity (Wildman–Crippen MR) is 46.0 cm³/mol. The van der Waals surface area contributed by atoms with E-state index in [1.54, 1.807) is 0 Å². The summed E-state index contributed by atoms with van der Waals surface area (Å²) in [4.78, 5) is 0. The lowest BCUT2D eigenvalue weighted by molar-refractivity contribution is -0.406. The van der Waals surface area contributed by atoms with E-state index >= 15 is 0 Å². The van der Waals surface area contributed by atoms with Crippen LogP contribution < -0.4 is 0 Å². The molecule has 0 amide bonds. The number of hydrogen-bond acceptors (Lipinski definition) is 1. The Bertz CT molecular complexity index is 261. The minimum atomic E-state index is -6.06. The molecule has 1 nitrogen and oxygen atoms in total. The van der Waals surface area contributed by atoms with E-state index in [1.165, 1.54) is 0 Å². The van der Waals surface area contributed by atoms with Gasteiger partial charge in [-0.15, -0.1) is 0 Å². The summed E-state index contributed by atoms with van der Waals surface area (Å²) in [5.41, 5.74) is -3.64. The zero-order valence-electron chi connectivity index (χ0n) is 9.47. The molecule has 0 fully saturated rings. The third kappa shape index (κ3) is 2.51. The van der Waals surface area contributed by atoms with Gasteiger partial charge in [-0.2, -0.15) is 30.7 Å². The first-order valence-electron chi connectivity index (χ1n) is 4.83. The fourth-order valence-electron chi connectivity index (χ4n) is 1.26. The van der Waals surface area contributed by atoms with E-state index in [4.69, 9.17) is 0 Å². The summed E-state index contributed by atoms with van der Waals surface area (Å²) in [6, 6.07) is 0. The molecule has 0 aromatic rings. The molecule has 0 saturated heterocycles. The summed E-state index contributed by atoms with van der Waals surface area (Å²) in [5.74, 6) is -5.55. The van der Waals surface area contributed by atoms with Crippen LogP contribution in [0.25, 0.3) is 0 Å². The van der Waals surface area contributed by atoms with Gasteiger partial charge in [0.25, 0.3) is 0 Å². The Kier molecular flexibility index (Phi) is 4.48. The molecule has 1 atom stereocenters. The Balaban J connectivity index is 5.58. The molecule has 8 heteroatoms. The van der Waals surface area contributed by atoms with Gasteiger partial charge in [-0.1, -0.05) is 6.92 Å². The highest BCUT2D eigenvalue weighted by Crippen LogP contribution is 2.57. The molecule has 0 N–H and O–H groups in total. The zero-order valence-corrected chi connectivity index (χ0v) is 9.47. The quantitative estimate of drug-likeness (QED) is 0.679. The first-order chi connectivity index (χ1) is 7.37. The Morgan fingerprint density at radius 2 is 1.29 bits per heavy atom. The third-order valence-electron chi connectivity index (χ3n) is 2.72. The van der Waals surface area contributed by atoms with Crippen LogP contribution in [0.3, 0.4) is 0 Å². The first kappa shape index (κ1) is 16.5. The SMILES string of the molecule is CCOC(F)(F)C(C)(CC)C(F)(F)C(F)(F)F. The van der Waals surface area contributed by atoms with Crippen LogP contribution in [0.5, 0.6) is 0 Å². The lowest BCUT2D eigenvalue weighted by atomic mass is 9.78. The van der Waals surface area contributed by atoms with Crippen LogP contribution in [0.2, 0.25) is 0 Å². The second kappa shape index (κ2) is 4.62. The van der Waals surface area contributed by atoms with Crippen molar-refractivity contribution in [3.63, 3.8) is 0 Å². The molecule has 17 heavy (non-hydrogen) atoms. The van der Waals surface area contributed by atoms with Gasteiger partial charge in [0.05, 0.1) is 6.61 Å². The van der Waals surface area contributed by atoms with Gasteiger partial charge in [-0.05, 0) is 20.3 Å². The summed E-state index contributed by atoms with van der Waals surface area (Å²) in [6.45, 7) is 1.40. The highest BCUT2D eigenvalue weighted by atomic mass is 19.4. The molecule has 0 radical (unpaired) electrons. The Morgan fingerprint density at radius 1 is 0.882 bits per heavy atom. The molecule has 0 saturated carbocycles. The van der Waals surface area contributed by atoms with Crippen molar-refractivity contribution in [1.82, 2.24) is 0 Å². The highest BCUT2D eigenvalue weighted by Gasteiger charge is 2.75. The molecule has 0 aliphatic carbocycles. The van der Waals surface area contributed by atoms with Crippen LogP contribution in [0, 0.1) is 5.41 Å². The van der Waals surface area contributed by atoms with E-state index in [1.807, 2.05) is 0 Å². The molecule has 0 aliphatic heterocycles. The van der Waals surface area contributed by atoms with E-state index in [0.717, 1.165) is 13.8 Å². The summed E-state index contributed by atoms with van der Waals surface area (Å²) in [6.07, 6.45) is -11.7. The number of rotatable bonds is 5. The van der Waals surface area contributed by atoms with Crippen molar-refractivity contribution in [3.05, 3.63) is 0 Å². The lowest BCUT2D eigenvalue weighted by Gasteiger charge is -2.41. The fourth-order valence-corrected chi connectivity index (χ4v) is 1.26. The van der Waals surface area contributed by atoms with Crippen molar-refractivity contribution in [2.24, 2.45) is 5.41 Å². The van der Waals surface area contributed by atoms with Crippen LogP contribution in [0.1, 0.15) is 27.2 Å². The zero-order chi connectivity index (χ0) is 14.1. The minimum Gasteiger partial charge on any atom is -0.320 e. The van der Waals surface area contributed by atoms with Gasteiger partial charge in [-0.25, -0.2) is 0 Å². The molecule has 0 spiro atoms. The normalized spacial score (nSPS) is 18.0. The molecular weight excluding hydrogens is 257 g/mol. The largest absolute Gasteiger partial charge is 0.454 e. The van der Waals surface area contributed by atoms with Crippen molar-refractivity contribution in [2.75, 3.05) is 6.61 Å². The van der Waals surface area contributed by atoms with Crippen LogP contribution in [0.4, 0.5) is 30.7 Å². The second-order valence-corrected chi connectivity index (χ2v) is 3.71. The molecule has 0 bridgehead atoms. The molecule has 0 aromatic heterocycles. The monoisotopic (exact) mass is 270 g/mol. The maximum absolute atomic E-state index is 13.3. The van der Waals surface area contributed by atoms with Gasteiger partial charge in [0.2, 0.25) is 0 Å². The maximum atomic E-state index is 13.3. The summed E-state index contributed by atoms with van der Waals surface area (Å²) in [7, 11) is 0. The van der Waals surface area contributed by atoms with Gasteiger partial charge in [0.1, 0.15) is 5.41 Å². The molecular formula is C9H13F7O. The van der Waals surface area contributed by atoms with E-state index in [9.17, 15) is 30.7 Å². The molecule has 0 rings (SSSR count). The Morgan fingerprint density at radius 3 is 1.53 bits per heavy atom. The molecule has 0 aliphatic rings. The van der Waals surface area contributed by atoms with Crippen molar-refractivity contribution >= 4 is 0 Å². The average Bonchev–Trinajstić information content (AvgIpc) is 2.14. The number of ether oxygens (including phenoxy) is 1. The predicted octanol–water partition coefficient (Wildman–Crippen LogP) is 4.23. The van der Waals surface area contributed by atoms with Gasteiger partial charge >= 0.3 is 18.2 Å². The van der Waals surface area contributed by atoms with Crippen molar-refractivity contribution in [2.45, 2.75) is 45.4 Å². The summed E-state index contributed by atoms with van der Waals surface area (Å²) in [5, 5.41) is 0. The Labute approximate surface area is 93.9 Å². The van der Waals surface area contributed by atoms with E-state index in [-0.39, 0.29) is 6.92 Å². The van der Waals surface area contributed by atoms with Gasteiger partial charge < -0.3 is 4.74 Å².